The highest BCUT2D eigenvalue weighted by molar-refractivity contribution is 5.77. The Kier molecular flexibility index (Phi) is 10.8. The number of hydrogen-bond donors (Lipinski definition) is 9. The molecule has 2 saturated heterocycles. The summed E-state index contributed by atoms with van der Waals surface area (Å²) in [5.41, 5.74) is -1.75. The Morgan fingerprint density at radius 1 is 0.818 bits per heavy atom. The minimum absolute atomic E-state index is 0.00969. The molecule has 0 radical (unpaired) electrons. The van der Waals surface area contributed by atoms with Crippen LogP contribution in [0.2, 0.25) is 0 Å². The van der Waals surface area contributed by atoms with E-state index in [2.05, 4.69) is 40.7 Å². The van der Waals surface area contributed by atoms with Crippen LogP contribution in [0.3, 0.4) is 0 Å². The molecule has 0 spiro atoms. The van der Waals surface area contributed by atoms with Crippen LogP contribution in [0.4, 0.5) is 0 Å². The summed E-state index contributed by atoms with van der Waals surface area (Å²) in [7, 11) is 0. The van der Waals surface area contributed by atoms with E-state index in [0.717, 1.165) is 38.5 Å². The Morgan fingerprint density at radius 3 is 2.18 bits per heavy atom. The maximum atomic E-state index is 13.1. The summed E-state index contributed by atoms with van der Waals surface area (Å²) in [6, 6.07) is 0. The molecule has 6 fully saturated rings. The average molecular weight is 783 g/mol. The lowest BCUT2D eigenvalue weighted by atomic mass is 9.33. The molecule has 4 saturated carbocycles. The number of carbonyl (C=O) groups is 1. The molecule has 0 amide bonds. The molecule has 0 aromatic rings. The summed E-state index contributed by atoms with van der Waals surface area (Å²) in [6.45, 7) is 12.2. The predicted molar refractivity (Wildman–Crippen MR) is 195 cm³/mol. The van der Waals surface area contributed by atoms with Gasteiger partial charge in [-0.3, -0.25) is 4.79 Å². The zero-order chi connectivity index (χ0) is 40.3. The summed E-state index contributed by atoms with van der Waals surface area (Å²) >= 11 is 0. The molecule has 2 aliphatic heterocycles. The Labute approximate surface area is 323 Å². The number of ether oxygens (including phenoxy) is 4. The minimum Gasteiger partial charge on any atom is -0.481 e. The molecule has 55 heavy (non-hydrogen) atoms. The number of allylic oxidation sites excluding steroid dienone is 2. The van der Waals surface area contributed by atoms with Gasteiger partial charge < -0.3 is 64.9 Å². The summed E-state index contributed by atoms with van der Waals surface area (Å²) < 4.78 is 24.1. The number of rotatable bonds is 7. The van der Waals surface area contributed by atoms with Crippen LogP contribution in [-0.4, -0.2) is 139 Å². The lowest BCUT2D eigenvalue weighted by Crippen LogP contribution is -2.68. The molecule has 0 unspecified atom stereocenters. The van der Waals surface area contributed by atoms with E-state index in [0.29, 0.717) is 19.3 Å². The third kappa shape index (κ3) is 6.05. The lowest BCUT2D eigenvalue weighted by molar-refractivity contribution is -0.368. The first-order chi connectivity index (χ1) is 25.6. The molecule has 7 aliphatic rings. The van der Waals surface area contributed by atoms with Crippen LogP contribution in [0, 0.1) is 50.2 Å². The number of aliphatic hydroxyl groups is 8. The van der Waals surface area contributed by atoms with Gasteiger partial charge in [-0.15, -0.1) is 0 Å². The highest BCUT2D eigenvalue weighted by atomic mass is 16.8. The smallest absolute Gasteiger partial charge is 0.312 e. The van der Waals surface area contributed by atoms with Crippen LogP contribution in [0.1, 0.15) is 99.3 Å². The second-order valence-electron chi connectivity index (χ2n) is 20.2. The zero-order valence-electron chi connectivity index (χ0n) is 33.2. The molecular formula is C41H66O14. The van der Waals surface area contributed by atoms with Gasteiger partial charge in [-0.2, -0.15) is 0 Å². The van der Waals surface area contributed by atoms with E-state index in [1.807, 2.05) is 6.92 Å². The van der Waals surface area contributed by atoms with Crippen LogP contribution in [0.15, 0.2) is 11.6 Å². The summed E-state index contributed by atoms with van der Waals surface area (Å²) in [5, 5.41) is 96.6. The van der Waals surface area contributed by atoms with Crippen molar-refractivity contribution in [1.82, 2.24) is 0 Å². The van der Waals surface area contributed by atoms with Crippen LogP contribution >= 0.6 is 0 Å². The quantitative estimate of drug-likeness (QED) is 0.132. The van der Waals surface area contributed by atoms with Gasteiger partial charge in [0.25, 0.3) is 0 Å². The Balaban J connectivity index is 1.16. The number of aliphatic carboxylic acids is 1. The summed E-state index contributed by atoms with van der Waals surface area (Å²) in [6.07, 6.45) is -6.79. The lowest BCUT2D eigenvalue weighted by Gasteiger charge is -2.71. The number of aliphatic hydroxyl groups excluding tert-OH is 8. The Morgan fingerprint density at radius 2 is 1.53 bits per heavy atom. The molecule has 314 valence electrons. The van der Waals surface area contributed by atoms with E-state index in [9.17, 15) is 50.8 Å². The van der Waals surface area contributed by atoms with Gasteiger partial charge in [-0.25, -0.2) is 0 Å². The van der Waals surface area contributed by atoms with Crippen molar-refractivity contribution in [3.8, 4) is 0 Å². The van der Waals surface area contributed by atoms with Gasteiger partial charge in [0.2, 0.25) is 0 Å². The maximum Gasteiger partial charge on any atom is 0.312 e. The topological polar surface area (TPSA) is 236 Å². The van der Waals surface area contributed by atoms with E-state index < -0.39 is 96.3 Å². The van der Waals surface area contributed by atoms with E-state index in [-0.39, 0.29) is 47.2 Å². The fourth-order valence-electron chi connectivity index (χ4n) is 13.5. The standard InChI is InChI=1S/C41H66O14/c1-36(2)13-14-41(35(50)51)21(15-36)20-7-8-25-37(3)11-10-27(38(4,19-43)24(37)9-12-39(25,5)40(20,6)16-26(41)45)54-34-32(28(46)22(44)18-52-34)55-33-31(49)30(48)29(47)23(17-42)53-33/h7,21-34,42-49H,8-19H2,1-6H3,(H,50,51)/t21-,22-,23+,24+,25+,26+,27-,28-,29+,30-,31+,32+,33-,34-,37-,38-,39+,40+,41+/m0/s1. The fourth-order valence-corrected chi connectivity index (χ4v) is 13.5. The maximum absolute atomic E-state index is 13.1. The second kappa shape index (κ2) is 14.2. The van der Waals surface area contributed by atoms with Crippen LogP contribution in [0.25, 0.3) is 0 Å². The Bertz CT molecular complexity index is 1490. The van der Waals surface area contributed by atoms with Crippen molar-refractivity contribution in [2.45, 2.75) is 167 Å². The largest absolute Gasteiger partial charge is 0.481 e. The molecule has 0 aromatic heterocycles. The summed E-state index contributed by atoms with van der Waals surface area (Å²) in [5.74, 6) is -0.983. The zero-order valence-corrected chi connectivity index (χ0v) is 33.2. The molecule has 14 heteroatoms. The van der Waals surface area contributed by atoms with E-state index >= 15 is 0 Å². The van der Waals surface area contributed by atoms with Gasteiger partial charge in [0.05, 0.1) is 32.0 Å². The molecule has 0 aromatic carbocycles. The number of fused-ring (bicyclic) bond motifs is 7. The van der Waals surface area contributed by atoms with Gasteiger partial charge in [0, 0.05) is 5.41 Å². The van der Waals surface area contributed by atoms with Crippen LogP contribution in [0.5, 0.6) is 0 Å². The number of hydrogen-bond acceptors (Lipinski definition) is 13. The molecule has 2 heterocycles. The molecule has 19 atom stereocenters. The molecule has 14 nitrogen and oxygen atoms in total. The first kappa shape index (κ1) is 41.9. The molecule has 5 aliphatic carbocycles. The number of carboxylic acids is 1. The van der Waals surface area contributed by atoms with Crippen molar-refractivity contribution in [3.05, 3.63) is 11.6 Å². The van der Waals surface area contributed by atoms with E-state index in [1.54, 1.807) is 0 Å². The van der Waals surface area contributed by atoms with Crippen molar-refractivity contribution < 1.29 is 69.7 Å². The second-order valence-corrected chi connectivity index (χ2v) is 20.2. The van der Waals surface area contributed by atoms with Crippen molar-refractivity contribution in [2.24, 2.45) is 50.2 Å². The normalized spacial score (nSPS) is 54.9. The van der Waals surface area contributed by atoms with Gasteiger partial charge in [0.1, 0.15) is 48.1 Å². The van der Waals surface area contributed by atoms with Gasteiger partial charge in [0.15, 0.2) is 12.6 Å². The SMILES string of the molecule is CC1(C)CC[C@]2(C(=O)O)[C@H](O)C[C@]3(C)C(=CC[C@@H]4[C@@]5(C)CC[C@H](O[C@@H]6OC[C@H](O)[C@H](O)[C@H]6O[C@@H]6O[C@H](CO)[C@@H](O)[C@H](O)[C@H]6O)[C@@](C)(CO)[C@@H]5CC[C@]43C)[C@@H]2C1. The van der Waals surface area contributed by atoms with Gasteiger partial charge >= 0.3 is 5.97 Å². The highest BCUT2D eigenvalue weighted by Crippen LogP contribution is 2.76. The average Bonchev–Trinajstić information content (AvgIpc) is 3.12. The summed E-state index contributed by atoms with van der Waals surface area (Å²) in [4.78, 5) is 13.1. The molecular weight excluding hydrogens is 716 g/mol. The molecule has 0 bridgehead atoms. The monoisotopic (exact) mass is 782 g/mol. The number of carboxylic acid groups (broad SMARTS) is 1. The minimum atomic E-state index is -1.75. The van der Waals surface area contributed by atoms with E-state index in [1.165, 1.54) is 5.57 Å². The predicted octanol–water partition coefficient (Wildman–Crippen LogP) is 1.46. The third-order valence-corrected chi connectivity index (χ3v) is 17.0. The van der Waals surface area contributed by atoms with Crippen molar-refractivity contribution >= 4 is 5.97 Å². The first-order valence-electron chi connectivity index (χ1n) is 20.5. The van der Waals surface area contributed by atoms with Crippen molar-refractivity contribution in [2.75, 3.05) is 19.8 Å². The van der Waals surface area contributed by atoms with Crippen molar-refractivity contribution in [3.63, 3.8) is 0 Å². The van der Waals surface area contributed by atoms with Gasteiger partial charge in [-0.1, -0.05) is 53.2 Å². The Hall–Kier alpha value is -1.27. The third-order valence-electron chi connectivity index (χ3n) is 17.0. The fraction of sp³-hybridized carbons (Fsp3) is 0.927. The van der Waals surface area contributed by atoms with Gasteiger partial charge in [-0.05, 0) is 97.2 Å². The molecule has 9 N–H and O–H groups in total. The first-order valence-corrected chi connectivity index (χ1v) is 20.5. The molecule has 7 rings (SSSR count). The highest BCUT2D eigenvalue weighted by Gasteiger charge is 2.72. The van der Waals surface area contributed by atoms with E-state index in [4.69, 9.17) is 18.9 Å². The van der Waals surface area contributed by atoms with Crippen LogP contribution in [-0.2, 0) is 23.7 Å². The van der Waals surface area contributed by atoms with Crippen molar-refractivity contribution in [1.29, 1.82) is 0 Å². The van der Waals surface area contributed by atoms with Crippen LogP contribution < -0.4 is 0 Å².